The van der Waals surface area contributed by atoms with Crippen molar-refractivity contribution in [2.24, 2.45) is 5.92 Å². The monoisotopic (exact) mass is 407 g/mol. The maximum Gasteiger partial charge on any atom is 0.275 e. The molecule has 0 atom stereocenters. The summed E-state index contributed by atoms with van der Waals surface area (Å²) in [6.07, 6.45) is 7.31. The molecule has 8 heteroatoms. The minimum absolute atomic E-state index is 0.109. The van der Waals surface area contributed by atoms with Crippen molar-refractivity contribution in [3.05, 3.63) is 62.5 Å². The predicted molar refractivity (Wildman–Crippen MR) is 108 cm³/mol. The van der Waals surface area contributed by atoms with Gasteiger partial charge in [0.1, 0.15) is 11.4 Å². The van der Waals surface area contributed by atoms with E-state index in [2.05, 4.69) is 10.4 Å². The van der Waals surface area contributed by atoms with Crippen LogP contribution in [0.1, 0.15) is 46.1 Å². The lowest BCUT2D eigenvalue weighted by molar-refractivity contribution is -0.0276. The van der Waals surface area contributed by atoms with Crippen molar-refractivity contribution < 1.29 is 4.79 Å². The Kier molecular flexibility index (Phi) is 3.48. The van der Waals surface area contributed by atoms with Gasteiger partial charge >= 0.3 is 0 Å². The minimum atomic E-state index is -0.160. The molecular formula is C21H21N5O2S. The van der Waals surface area contributed by atoms with E-state index < -0.39 is 0 Å². The fourth-order valence-electron chi connectivity index (χ4n) is 4.92. The fraction of sp³-hybridized carbons (Fsp3) is 0.429. The van der Waals surface area contributed by atoms with Crippen LogP contribution in [0.5, 0.6) is 0 Å². The molecule has 0 aromatic carbocycles. The van der Waals surface area contributed by atoms with Gasteiger partial charge in [-0.3, -0.25) is 9.59 Å². The van der Waals surface area contributed by atoms with Crippen molar-refractivity contribution in [3.63, 3.8) is 0 Å². The van der Waals surface area contributed by atoms with Gasteiger partial charge in [-0.05, 0) is 44.2 Å². The normalized spacial score (nSPS) is 24.8. The fourth-order valence-corrected chi connectivity index (χ4v) is 5.96. The lowest BCUT2D eigenvalue weighted by Gasteiger charge is -2.60. The third-order valence-corrected chi connectivity index (χ3v) is 7.78. The van der Waals surface area contributed by atoms with E-state index in [0.717, 1.165) is 17.3 Å². The lowest BCUT2D eigenvalue weighted by Crippen LogP contribution is -2.55. The van der Waals surface area contributed by atoms with Gasteiger partial charge < -0.3 is 14.0 Å². The van der Waals surface area contributed by atoms with E-state index in [4.69, 9.17) is 4.98 Å². The molecule has 0 radical (unpaired) electrons. The van der Waals surface area contributed by atoms with Gasteiger partial charge in [0.25, 0.3) is 11.5 Å². The molecule has 1 amide bonds. The van der Waals surface area contributed by atoms with Crippen molar-refractivity contribution in [1.82, 2.24) is 24.0 Å². The Balaban J connectivity index is 1.25. The number of rotatable bonds is 4. The van der Waals surface area contributed by atoms with Crippen LogP contribution in [0.25, 0.3) is 5.69 Å². The van der Waals surface area contributed by atoms with Crippen LogP contribution in [-0.2, 0) is 18.5 Å². The smallest absolute Gasteiger partial charge is 0.275 e. The van der Waals surface area contributed by atoms with Crippen LogP contribution in [0.4, 0.5) is 0 Å². The summed E-state index contributed by atoms with van der Waals surface area (Å²) in [5, 5.41) is 3.34. The largest absolute Gasteiger partial charge is 0.330 e. The number of aryl methyl sites for hydroxylation is 1. The molecule has 0 unspecified atom stereocenters. The molecule has 3 aromatic heterocycles. The Bertz CT molecular complexity index is 1190. The first kappa shape index (κ1) is 17.1. The second-order valence-corrected chi connectivity index (χ2v) is 9.47. The van der Waals surface area contributed by atoms with E-state index in [9.17, 15) is 9.59 Å². The number of carbonyl (C=O) groups excluding carboxylic acids is 1. The van der Waals surface area contributed by atoms with Crippen molar-refractivity contribution in [3.8, 4) is 5.69 Å². The van der Waals surface area contributed by atoms with Crippen LogP contribution in [0.15, 0.2) is 34.8 Å². The number of thiazole rings is 1. The van der Waals surface area contributed by atoms with Gasteiger partial charge in [-0.1, -0.05) is 0 Å². The Hall–Kier alpha value is -2.74. The topological polar surface area (TPSA) is 73.0 Å². The number of pyridine rings is 1. The average Bonchev–Trinajstić information content (AvgIpc) is 3.25. The Morgan fingerprint density at radius 3 is 2.72 bits per heavy atom. The maximum atomic E-state index is 13.0. The standard InChI is InChI=1S/C21H21N5O2S/c1-13-9-25(12-22-13)16-2-3-17-18(27)24(4-5-26(17)19(16)28)10-15-11-29-20(23-15)21-6-14(7-21)8-21/h2-3,9,11-12,14H,4-8,10H2,1H3. The van der Waals surface area contributed by atoms with Crippen molar-refractivity contribution >= 4 is 17.2 Å². The van der Waals surface area contributed by atoms with Crippen molar-refractivity contribution in [2.45, 2.75) is 44.7 Å². The van der Waals surface area contributed by atoms with Crippen molar-refractivity contribution in [2.75, 3.05) is 6.54 Å². The van der Waals surface area contributed by atoms with Crippen LogP contribution in [0.2, 0.25) is 0 Å². The quantitative estimate of drug-likeness (QED) is 0.666. The van der Waals surface area contributed by atoms with Gasteiger partial charge in [0.05, 0.1) is 29.3 Å². The molecular weight excluding hydrogens is 386 g/mol. The highest BCUT2D eigenvalue weighted by Crippen LogP contribution is 2.65. The molecule has 4 heterocycles. The van der Waals surface area contributed by atoms with Crippen LogP contribution >= 0.6 is 11.3 Å². The lowest BCUT2D eigenvalue weighted by atomic mass is 9.45. The molecule has 3 aromatic rings. The third kappa shape index (κ3) is 2.48. The Morgan fingerprint density at radius 1 is 1.21 bits per heavy atom. The van der Waals surface area contributed by atoms with E-state index in [1.165, 1.54) is 24.3 Å². The van der Waals surface area contributed by atoms with E-state index in [1.54, 1.807) is 43.8 Å². The zero-order valence-electron chi connectivity index (χ0n) is 16.2. The number of amides is 1. The van der Waals surface area contributed by atoms with E-state index in [0.29, 0.717) is 36.4 Å². The second kappa shape index (κ2) is 5.89. The summed E-state index contributed by atoms with van der Waals surface area (Å²) in [5.41, 5.74) is 2.96. The molecule has 0 N–H and O–H groups in total. The molecule has 0 spiro atoms. The van der Waals surface area contributed by atoms with Gasteiger partial charge in [0, 0.05) is 30.1 Å². The van der Waals surface area contributed by atoms with Gasteiger partial charge in [0.15, 0.2) is 0 Å². The summed E-state index contributed by atoms with van der Waals surface area (Å²) in [7, 11) is 0. The number of carbonyl (C=O) groups is 1. The third-order valence-electron chi connectivity index (χ3n) is 6.64. The van der Waals surface area contributed by atoms with Crippen LogP contribution < -0.4 is 5.56 Å². The number of hydrogen-bond acceptors (Lipinski definition) is 5. The molecule has 29 heavy (non-hydrogen) atoms. The minimum Gasteiger partial charge on any atom is -0.330 e. The highest BCUT2D eigenvalue weighted by atomic mass is 32.1. The van der Waals surface area contributed by atoms with Crippen LogP contribution in [0, 0.1) is 12.8 Å². The molecule has 1 aliphatic heterocycles. The second-order valence-electron chi connectivity index (χ2n) is 8.61. The molecule has 3 fully saturated rings. The van der Waals surface area contributed by atoms with Crippen molar-refractivity contribution in [1.29, 1.82) is 0 Å². The first-order valence-electron chi connectivity index (χ1n) is 10.0. The molecule has 2 bridgehead atoms. The summed E-state index contributed by atoms with van der Waals surface area (Å²) in [6, 6.07) is 3.45. The van der Waals surface area contributed by atoms with E-state index in [1.807, 2.05) is 13.1 Å². The molecule has 4 aliphatic rings. The first-order valence-corrected chi connectivity index (χ1v) is 10.9. The molecule has 7 rings (SSSR count). The Labute approximate surface area is 171 Å². The van der Waals surface area contributed by atoms with E-state index >= 15 is 0 Å². The summed E-state index contributed by atoms with van der Waals surface area (Å²) in [5.74, 6) is 0.818. The summed E-state index contributed by atoms with van der Waals surface area (Å²) < 4.78 is 3.29. The predicted octanol–water partition coefficient (Wildman–Crippen LogP) is 2.51. The molecule has 3 saturated carbocycles. The zero-order chi connectivity index (χ0) is 19.8. The number of fused-ring (bicyclic) bond motifs is 1. The highest BCUT2D eigenvalue weighted by Gasteiger charge is 2.59. The number of imidazole rings is 1. The van der Waals surface area contributed by atoms with Crippen LogP contribution in [0.3, 0.4) is 0 Å². The summed E-state index contributed by atoms with van der Waals surface area (Å²) in [6.45, 7) is 3.39. The van der Waals surface area contributed by atoms with E-state index in [-0.39, 0.29) is 11.5 Å². The van der Waals surface area contributed by atoms with Gasteiger partial charge in [-0.15, -0.1) is 11.3 Å². The Morgan fingerprint density at radius 2 is 2.03 bits per heavy atom. The summed E-state index contributed by atoms with van der Waals surface area (Å²) in [4.78, 5) is 36.8. The molecule has 7 nitrogen and oxygen atoms in total. The van der Waals surface area contributed by atoms with Gasteiger partial charge in [0.2, 0.25) is 0 Å². The zero-order valence-corrected chi connectivity index (χ0v) is 17.0. The van der Waals surface area contributed by atoms with Crippen LogP contribution in [-0.4, -0.2) is 36.5 Å². The molecule has 148 valence electrons. The number of aromatic nitrogens is 4. The SMILES string of the molecule is Cc1cn(-c2ccc3n(c2=O)CCN(Cc2csc(C45CC(C4)C5)n2)C3=O)cn1. The van der Waals surface area contributed by atoms with Gasteiger partial charge in [-0.2, -0.15) is 0 Å². The van der Waals surface area contributed by atoms with Gasteiger partial charge in [-0.25, -0.2) is 9.97 Å². The molecule has 3 aliphatic carbocycles. The number of nitrogens with zero attached hydrogens (tertiary/aromatic N) is 5. The highest BCUT2D eigenvalue weighted by molar-refractivity contribution is 7.09. The maximum absolute atomic E-state index is 13.0. The first-order chi connectivity index (χ1) is 14.0. The average molecular weight is 407 g/mol. The number of hydrogen-bond donors (Lipinski definition) is 0. The molecule has 0 saturated heterocycles. The summed E-state index contributed by atoms with van der Waals surface area (Å²) >= 11 is 1.74.